The molecule has 0 radical (unpaired) electrons. The molecular formula is C13H15N5O2. The molecule has 7 nitrogen and oxygen atoms in total. The molecule has 2 aromatic rings. The van der Waals surface area contributed by atoms with E-state index in [1.165, 1.54) is 4.68 Å². The van der Waals surface area contributed by atoms with Gasteiger partial charge in [0.25, 0.3) is 5.91 Å². The number of hydrazine groups is 1. The molecule has 0 aliphatic carbocycles. The minimum Gasteiger partial charge on any atom is -0.307 e. The molecule has 3 N–H and O–H groups in total. The van der Waals surface area contributed by atoms with Crippen LogP contribution in [-0.2, 0) is 7.05 Å². The number of carbonyl (C=O) groups excluding carboxylic acids is 2. The number of anilines is 1. The average Bonchev–Trinajstić information content (AvgIpc) is 2.85. The summed E-state index contributed by atoms with van der Waals surface area (Å²) in [6.07, 6.45) is 1.64. The van der Waals surface area contributed by atoms with E-state index in [4.69, 9.17) is 0 Å². The van der Waals surface area contributed by atoms with Gasteiger partial charge in [0, 0.05) is 18.9 Å². The largest absolute Gasteiger partial charge is 0.337 e. The summed E-state index contributed by atoms with van der Waals surface area (Å²) >= 11 is 0. The van der Waals surface area contributed by atoms with E-state index in [2.05, 4.69) is 21.3 Å². The van der Waals surface area contributed by atoms with Crippen molar-refractivity contribution in [3.8, 4) is 0 Å². The third kappa shape index (κ3) is 3.58. The van der Waals surface area contributed by atoms with Crippen LogP contribution >= 0.6 is 0 Å². The number of amides is 3. The molecule has 0 bridgehead atoms. The van der Waals surface area contributed by atoms with Crippen LogP contribution in [0.2, 0.25) is 0 Å². The zero-order valence-electron chi connectivity index (χ0n) is 11.2. The molecule has 104 valence electrons. The Hall–Kier alpha value is -2.83. The molecule has 0 unspecified atom stereocenters. The second-order valence-electron chi connectivity index (χ2n) is 4.27. The fourth-order valence-electron chi connectivity index (χ4n) is 1.51. The standard InChI is InChI=1S/C13H15N5O2/c1-9-3-5-10(6-4-9)14-13(20)16-15-12(19)11-7-8-18(2)17-11/h3-8H,1-2H3,(H,15,19)(H2,14,16,20). The maximum atomic E-state index is 11.6. The molecule has 0 atom stereocenters. The lowest BCUT2D eigenvalue weighted by Crippen LogP contribution is -2.44. The lowest BCUT2D eigenvalue weighted by Gasteiger charge is -2.08. The van der Waals surface area contributed by atoms with E-state index in [9.17, 15) is 9.59 Å². The number of rotatable bonds is 2. The van der Waals surface area contributed by atoms with Crippen molar-refractivity contribution in [1.29, 1.82) is 0 Å². The predicted octanol–water partition coefficient (Wildman–Crippen LogP) is 1.20. The number of benzene rings is 1. The van der Waals surface area contributed by atoms with Crippen LogP contribution in [0, 0.1) is 6.92 Å². The molecule has 0 aliphatic rings. The first-order valence-corrected chi connectivity index (χ1v) is 5.98. The van der Waals surface area contributed by atoms with Gasteiger partial charge in [-0.15, -0.1) is 0 Å². The van der Waals surface area contributed by atoms with Gasteiger partial charge in [-0.05, 0) is 25.1 Å². The highest BCUT2D eigenvalue weighted by atomic mass is 16.2. The number of urea groups is 1. The molecule has 0 fully saturated rings. The Morgan fingerprint density at radius 3 is 2.40 bits per heavy atom. The van der Waals surface area contributed by atoms with Crippen LogP contribution in [0.4, 0.5) is 10.5 Å². The zero-order valence-corrected chi connectivity index (χ0v) is 11.2. The van der Waals surface area contributed by atoms with Crippen LogP contribution < -0.4 is 16.2 Å². The van der Waals surface area contributed by atoms with Gasteiger partial charge in [-0.3, -0.25) is 14.9 Å². The van der Waals surface area contributed by atoms with Crippen LogP contribution in [0.5, 0.6) is 0 Å². The Morgan fingerprint density at radius 1 is 1.10 bits per heavy atom. The maximum Gasteiger partial charge on any atom is 0.337 e. The highest BCUT2D eigenvalue weighted by Crippen LogP contribution is 2.07. The molecule has 1 aromatic carbocycles. The fraction of sp³-hybridized carbons (Fsp3) is 0.154. The monoisotopic (exact) mass is 273 g/mol. The minimum atomic E-state index is -0.530. The van der Waals surface area contributed by atoms with Crippen molar-refractivity contribution in [3.63, 3.8) is 0 Å². The van der Waals surface area contributed by atoms with E-state index in [0.29, 0.717) is 5.69 Å². The summed E-state index contributed by atoms with van der Waals surface area (Å²) in [6.45, 7) is 1.96. The number of aryl methyl sites for hydroxylation is 2. The first-order valence-electron chi connectivity index (χ1n) is 5.98. The molecule has 0 saturated carbocycles. The van der Waals surface area contributed by atoms with E-state index in [1.807, 2.05) is 19.1 Å². The number of hydrogen-bond donors (Lipinski definition) is 3. The third-order valence-electron chi connectivity index (χ3n) is 2.55. The van der Waals surface area contributed by atoms with Gasteiger partial charge in [0.15, 0.2) is 5.69 Å². The maximum absolute atomic E-state index is 11.6. The molecule has 0 aliphatic heterocycles. The second-order valence-corrected chi connectivity index (χ2v) is 4.27. The predicted molar refractivity (Wildman–Crippen MR) is 74.0 cm³/mol. The third-order valence-corrected chi connectivity index (χ3v) is 2.55. The Balaban J connectivity index is 1.83. The number of nitrogens with one attached hydrogen (secondary N) is 3. The van der Waals surface area contributed by atoms with Crippen LogP contribution in [-0.4, -0.2) is 21.7 Å². The van der Waals surface area contributed by atoms with Crippen molar-refractivity contribution in [2.45, 2.75) is 6.92 Å². The van der Waals surface area contributed by atoms with E-state index < -0.39 is 11.9 Å². The van der Waals surface area contributed by atoms with Crippen molar-refractivity contribution in [2.75, 3.05) is 5.32 Å². The smallest absolute Gasteiger partial charge is 0.307 e. The lowest BCUT2D eigenvalue weighted by molar-refractivity contribution is 0.0932. The van der Waals surface area contributed by atoms with E-state index in [0.717, 1.165) is 5.56 Å². The van der Waals surface area contributed by atoms with Gasteiger partial charge < -0.3 is 5.32 Å². The quantitative estimate of drug-likeness (QED) is 0.718. The summed E-state index contributed by atoms with van der Waals surface area (Å²) in [5.41, 5.74) is 6.48. The van der Waals surface area contributed by atoms with Gasteiger partial charge in [0.05, 0.1) is 0 Å². The first-order chi connectivity index (χ1) is 9.54. The molecule has 0 saturated heterocycles. The molecule has 1 aromatic heterocycles. The van der Waals surface area contributed by atoms with Crippen LogP contribution in [0.3, 0.4) is 0 Å². The fourth-order valence-corrected chi connectivity index (χ4v) is 1.51. The molecule has 3 amide bonds. The summed E-state index contributed by atoms with van der Waals surface area (Å²) in [6, 6.07) is 8.32. The summed E-state index contributed by atoms with van der Waals surface area (Å²) in [7, 11) is 1.70. The summed E-state index contributed by atoms with van der Waals surface area (Å²) < 4.78 is 1.50. The Kier molecular flexibility index (Phi) is 3.99. The van der Waals surface area contributed by atoms with Crippen molar-refractivity contribution < 1.29 is 9.59 Å². The van der Waals surface area contributed by atoms with Crippen molar-refractivity contribution in [3.05, 3.63) is 47.8 Å². The van der Waals surface area contributed by atoms with Crippen LogP contribution in [0.1, 0.15) is 16.1 Å². The molecule has 7 heteroatoms. The molecular weight excluding hydrogens is 258 g/mol. The highest BCUT2D eigenvalue weighted by Gasteiger charge is 2.09. The van der Waals surface area contributed by atoms with Gasteiger partial charge in [-0.2, -0.15) is 5.10 Å². The normalized spacial score (nSPS) is 9.90. The van der Waals surface area contributed by atoms with Gasteiger partial charge >= 0.3 is 6.03 Å². The molecule has 1 heterocycles. The van der Waals surface area contributed by atoms with Crippen molar-refractivity contribution in [1.82, 2.24) is 20.6 Å². The SMILES string of the molecule is Cc1ccc(NC(=O)NNC(=O)c2ccn(C)n2)cc1. The lowest BCUT2D eigenvalue weighted by atomic mass is 10.2. The van der Waals surface area contributed by atoms with Gasteiger partial charge in [-0.25, -0.2) is 10.2 Å². The number of hydrogen-bond acceptors (Lipinski definition) is 3. The van der Waals surface area contributed by atoms with Crippen LogP contribution in [0.25, 0.3) is 0 Å². The van der Waals surface area contributed by atoms with Gasteiger partial charge in [-0.1, -0.05) is 17.7 Å². The summed E-state index contributed by atoms with van der Waals surface area (Å²) in [4.78, 5) is 23.2. The zero-order chi connectivity index (χ0) is 14.5. The number of nitrogens with zero attached hydrogens (tertiary/aromatic N) is 2. The van der Waals surface area contributed by atoms with E-state index in [1.54, 1.807) is 31.4 Å². The second kappa shape index (κ2) is 5.87. The van der Waals surface area contributed by atoms with Crippen molar-refractivity contribution in [2.24, 2.45) is 7.05 Å². The van der Waals surface area contributed by atoms with E-state index in [-0.39, 0.29) is 5.69 Å². The average molecular weight is 273 g/mol. The minimum absolute atomic E-state index is 0.225. The molecule has 2 rings (SSSR count). The Morgan fingerprint density at radius 2 is 1.80 bits per heavy atom. The van der Waals surface area contributed by atoms with Gasteiger partial charge in [0.1, 0.15) is 0 Å². The number of carbonyl (C=O) groups is 2. The highest BCUT2D eigenvalue weighted by molar-refractivity contribution is 5.95. The van der Waals surface area contributed by atoms with Crippen molar-refractivity contribution >= 4 is 17.6 Å². The summed E-state index contributed by atoms with van der Waals surface area (Å²) in [5, 5.41) is 6.51. The topological polar surface area (TPSA) is 88.0 Å². The summed E-state index contributed by atoms with van der Waals surface area (Å²) in [5.74, 6) is -0.482. The van der Waals surface area contributed by atoms with Crippen LogP contribution in [0.15, 0.2) is 36.5 Å². The first kappa shape index (κ1) is 13.6. The Labute approximate surface area is 115 Å². The molecule has 20 heavy (non-hydrogen) atoms. The molecule has 0 spiro atoms. The van der Waals surface area contributed by atoms with E-state index >= 15 is 0 Å². The van der Waals surface area contributed by atoms with Gasteiger partial charge in [0.2, 0.25) is 0 Å². The number of aromatic nitrogens is 2. The Bertz CT molecular complexity index is 618.